The second-order valence-electron chi connectivity index (χ2n) is 5.28. The quantitative estimate of drug-likeness (QED) is 0.757. The zero-order chi connectivity index (χ0) is 13.0. The van der Waals surface area contributed by atoms with Crippen LogP contribution in [0.4, 0.5) is 0 Å². The lowest BCUT2D eigenvalue weighted by atomic mass is 9.76. The molecule has 0 saturated heterocycles. The highest BCUT2D eigenvalue weighted by molar-refractivity contribution is 5.89. The fourth-order valence-electron chi connectivity index (χ4n) is 2.30. The van der Waals surface area contributed by atoms with Gasteiger partial charge in [0.25, 0.3) is 5.56 Å². The molecular weight excluding hydrogens is 222 g/mol. The average Bonchev–Trinajstić information content (AvgIpc) is 2.37. The van der Waals surface area contributed by atoms with Gasteiger partial charge in [-0.15, -0.1) is 0 Å². The summed E-state index contributed by atoms with van der Waals surface area (Å²) < 4.78 is 1.35. The van der Waals surface area contributed by atoms with Crippen molar-refractivity contribution >= 4 is 5.97 Å². The van der Waals surface area contributed by atoms with E-state index in [2.05, 4.69) is 0 Å². The molecule has 0 spiro atoms. The number of hydrogen-bond acceptors (Lipinski definition) is 3. The number of carboxylic acids is 1. The SMILES string of the molecule is CC1(C)Cn2c(c(C(=O)O)ccc2=O)C1(C)O. The predicted octanol–water partition coefficient (Wildman–Crippen LogP) is 0.794. The van der Waals surface area contributed by atoms with E-state index in [-0.39, 0.29) is 16.8 Å². The number of aliphatic hydroxyl groups is 1. The van der Waals surface area contributed by atoms with Gasteiger partial charge in [-0.3, -0.25) is 4.79 Å². The van der Waals surface area contributed by atoms with Crippen molar-refractivity contribution < 1.29 is 15.0 Å². The average molecular weight is 237 g/mol. The zero-order valence-electron chi connectivity index (χ0n) is 10.0. The standard InChI is InChI=1S/C12H15NO4/c1-11(2)6-13-8(14)5-4-7(10(15)16)9(13)12(11,3)17/h4-5,17H,6H2,1-3H3,(H,15,16). The number of nitrogens with zero attached hydrogens (tertiary/aromatic N) is 1. The van der Waals surface area contributed by atoms with Crippen molar-refractivity contribution in [2.45, 2.75) is 32.9 Å². The lowest BCUT2D eigenvalue weighted by Gasteiger charge is -2.32. The van der Waals surface area contributed by atoms with E-state index in [9.17, 15) is 14.7 Å². The van der Waals surface area contributed by atoms with Crippen molar-refractivity contribution in [2.24, 2.45) is 5.41 Å². The van der Waals surface area contributed by atoms with Gasteiger partial charge < -0.3 is 14.8 Å². The summed E-state index contributed by atoms with van der Waals surface area (Å²) in [6, 6.07) is 2.48. The molecule has 92 valence electrons. The first-order valence-corrected chi connectivity index (χ1v) is 5.38. The molecule has 0 aromatic carbocycles. The van der Waals surface area contributed by atoms with Gasteiger partial charge in [0.05, 0.1) is 11.3 Å². The van der Waals surface area contributed by atoms with Crippen molar-refractivity contribution in [2.75, 3.05) is 0 Å². The van der Waals surface area contributed by atoms with Gasteiger partial charge in [-0.05, 0) is 13.0 Å². The molecule has 2 heterocycles. The lowest BCUT2D eigenvalue weighted by Crippen LogP contribution is -2.36. The first-order valence-electron chi connectivity index (χ1n) is 5.38. The van der Waals surface area contributed by atoms with Gasteiger partial charge in [0, 0.05) is 18.0 Å². The Labute approximate surface area is 98.3 Å². The number of carboxylic acid groups (broad SMARTS) is 1. The van der Waals surface area contributed by atoms with Crippen LogP contribution in [-0.4, -0.2) is 20.7 Å². The molecule has 0 aliphatic carbocycles. The van der Waals surface area contributed by atoms with Gasteiger partial charge in [-0.2, -0.15) is 0 Å². The number of pyridine rings is 1. The van der Waals surface area contributed by atoms with Gasteiger partial charge in [-0.25, -0.2) is 4.79 Å². The molecule has 17 heavy (non-hydrogen) atoms. The van der Waals surface area contributed by atoms with Gasteiger partial charge >= 0.3 is 5.97 Å². The molecule has 2 N–H and O–H groups in total. The molecule has 1 aromatic heterocycles. The van der Waals surface area contributed by atoms with E-state index in [1.807, 2.05) is 13.8 Å². The lowest BCUT2D eigenvalue weighted by molar-refractivity contribution is -0.0430. The molecule has 0 bridgehead atoms. The van der Waals surface area contributed by atoms with Gasteiger partial charge in [-0.1, -0.05) is 13.8 Å². The highest BCUT2D eigenvalue weighted by Crippen LogP contribution is 2.46. The zero-order valence-corrected chi connectivity index (χ0v) is 10.0. The van der Waals surface area contributed by atoms with E-state index in [1.54, 1.807) is 6.92 Å². The van der Waals surface area contributed by atoms with Crippen LogP contribution in [0.25, 0.3) is 0 Å². The molecule has 5 nitrogen and oxygen atoms in total. The van der Waals surface area contributed by atoms with Crippen molar-refractivity contribution in [1.82, 2.24) is 4.57 Å². The van der Waals surface area contributed by atoms with Crippen LogP contribution in [0.5, 0.6) is 0 Å². The number of aromatic carboxylic acids is 1. The molecule has 1 unspecified atom stereocenters. The van der Waals surface area contributed by atoms with E-state index in [0.29, 0.717) is 6.54 Å². The Morgan fingerprint density at radius 1 is 1.35 bits per heavy atom. The number of aromatic nitrogens is 1. The van der Waals surface area contributed by atoms with E-state index >= 15 is 0 Å². The Balaban J connectivity index is 2.83. The summed E-state index contributed by atoms with van der Waals surface area (Å²) in [5, 5.41) is 19.6. The summed E-state index contributed by atoms with van der Waals surface area (Å²) in [5.41, 5.74) is -2.01. The first-order chi connectivity index (χ1) is 7.68. The van der Waals surface area contributed by atoms with Crippen molar-refractivity contribution in [1.29, 1.82) is 0 Å². The van der Waals surface area contributed by atoms with Crippen molar-refractivity contribution in [3.8, 4) is 0 Å². The minimum absolute atomic E-state index is 0.0137. The fourth-order valence-corrected chi connectivity index (χ4v) is 2.30. The Kier molecular flexibility index (Phi) is 2.23. The summed E-state index contributed by atoms with van der Waals surface area (Å²) in [6.07, 6.45) is 0. The van der Waals surface area contributed by atoms with E-state index < -0.39 is 17.0 Å². The van der Waals surface area contributed by atoms with Crippen LogP contribution in [0.15, 0.2) is 16.9 Å². The molecular formula is C12H15NO4. The minimum atomic E-state index is -1.33. The van der Waals surface area contributed by atoms with Gasteiger partial charge in [0.15, 0.2) is 0 Å². The third-order valence-electron chi connectivity index (χ3n) is 3.75. The molecule has 0 radical (unpaired) electrons. The summed E-state index contributed by atoms with van der Waals surface area (Å²) in [4.78, 5) is 22.9. The summed E-state index contributed by atoms with van der Waals surface area (Å²) in [7, 11) is 0. The van der Waals surface area contributed by atoms with E-state index in [0.717, 1.165) is 0 Å². The van der Waals surface area contributed by atoms with Crippen LogP contribution in [0.1, 0.15) is 36.8 Å². The number of fused-ring (bicyclic) bond motifs is 1. The number of rotatable bonds is 1. The Morgan fingerprint density at radius 2 is 1.94 bits per heavy atom. The van der Waals surface area contributed by atoms with Crippen LogP contribution in [-0.2, 0) is 12.1 Å². The van der Waals surface area contributed by atoms with Gasteiger partial charge in [0.1, 0.15) is 5.60 Å². The van der Waals surface area contributed by atoms with Crippen molar-refractivity contribution in [3.63, 3.8) is 0 Å². The number of hydrogen-bond donors (Lipinski definition) is 2. The Bertz CT molecular complexity index is 554. The maximum Gasteiger partial charge on any atom is 0.337 e. The molecule has 1 aliphatic heterocycles. The van der Waals surface area contributed by atoms with Crippen LogP contribution in [0, 0.1) is 5.41 Å². The fraction of sp³-hybridized carbons (Fsp3) is 0.500. The molecule has 0 fully saturated rings. The van der Waals surface area contributed by atoms with Crippen LogP contribution in [0.3, 0.4) is 0 Å². The molecule has 2 rings (SSSR count). The molecule has 1 atom stereocenters. The predicted molar refractivity (Wildman–Crippen MR) is 61.0 cm³/mol. The maximum absolute atomic E-state index is 11.7. The monoisotopic (exact) mass is 237 g/mol. The van der Waals surface area contributed by atoms with Gasteiger partial charge in [0.2, 0.25) is 0 Å². The second-order valence-corrected chi connectivity index (χ2v) is 5.28. The van der Waals surface area contributed by atoms with Crippen LogP contribution >= 0.6 is 0 Å². The smallest absolute Gasteiger partial charge is 0.337 e. The summed E-state index contributed by atoms with van der Waals surface area (Å²) in [5.74, 6) is -1.13. The first kappa shape index (κ1) is 11.9. The third-order valence-corrected chi connectivity index (χ3v) is 3.75. The Hall–Kier alpha value is -1.62. The van der Waals surface area contributed by atoms with Crippen molar-refractivity contribution in [3.05, 3.63) is 33.7 Å². The Morgan fingerprint density at radius 3 is 2.47 bits per heavy atom. The molecule has 5 heteroatoms. The highest BCUT2D eigenvalue weighted by atomic mass is 16.4. The topological polar surface area (TPSA) is 79.5 Å². The largest absolute Gasteiger partial charge is 0.478 e. The maximum atomic E-state index is 11.7. The molecule has 1 aliphatic rings. The second kappa shape index (κ2) is 3.20. The molecule has 0 amide bonds. The minimum Gasteiger partial charge on any atom is -0.478 e. The van der Waals surface area contributed by atoms with Crippen LogP contribution in [0.2, 0.25) is 0 Å². The summed E-state index contributed by atoms with van der Waals surface area (Å²) in [6.45, 7) is 5.49. The van der Waals surface area contributed by atoms with E-state index in [4.69, 9.17) is 5.11 Å². The van der Waals surface area contributed by atoms with E-state index in [1.165, 1.54) is 16.7 Å². The normalized spacial score (nSPS) is 25.6. The highest BCUT2D eigenvalue weighted by Gasteiger charge is 2.50. The molecule has 0 saturated carbocycles. The number of carbonyl (C=O) groups is 1. The van der Waals surface area contributed by atoms with Crippen LogP contribution < -0.4 is 5.56 Å². The molecule has 1 aromatic rings. The third kappa shape index (κ3) is 1.42. The summed E-state index contributed by atoms with van der Waals surface area (Å²) >= 11 is 0.